The Bertz CT molecular complexity index is 413. The zero-order valence-electron chi connectivity index (χ0n) is 11.1. The molecule has 0 spiro atoms. The lowest BCUT2D eigenvalue weighted by atomic mass is 9.97. The fourth-order valence-electron chi connectivity index (χ4n) is 1.91. The maximum Gasteiger partial charge on any atom is 0.226 e. The fourth-order valence-corrected chi connectivity index (χ4v) is 1.91. The number of rotatable bonds is 4. The van der Waals surface area contributed by atoms with Crippen LogP contribution in [0.1, 0.15) is 13.3 Å². The number of hydrogen-bond donors (Lipinski definition) is 2. The van der Waals surface area contributed by atoms with Gasteiger partial charge in [0.2, 0.25) is 5.95 Å². The van der Waals surface area contributed by atoms with Crippen molar-refractivity contribution in [3.63, 3.8) is 0 Å². The Morgan fingerprint density at radius 3 is 3.00 bits per heavy atom. The first-order chi connectivity index (χ1) is 8.51. The summed E-state index contributed by atoms with van der Waals surface area (Å²) in [6.45, 7) is 2.92. The second-order valence-electron chi connectivity index (χ2n) is 4.86. The minimum atomic E-state index is -0.816. The number of aliphatic hydroxyl groups is 1. The van der Waals surface area contributed by atoms with Crippen LogP contribution >= 0.6 is 0 Å². The second kappa shape index (κ2) is 5.07. The molecule has 0 aliphatic carbocycles. The Balaban J connectivity index is 2.00. The minimum Gasteiger partial charge on any atom is -0.385 e. The van der Waals surface area contributed by atoms with Crippen molar-refractivity contribution in [2.45, 2.75) is 25.0 Å². The Labute approximate surface area is 107 Å². The lowest BCUT2D eigenvalue weighted by Crippen LogP contribution is -2.43. The van der Waals surface area contributed by atoms with Gasteiger partial charge in [-0.25, -0.2) is 4.98 Å². The van der Waals surface area contributed by atoms with E-state index in [1.165, 1.54) is 0 Å². The quantitative estimate of drug-likeness (QED) is 0.813. The van der Waals surface area contributed by atoms with Gasteiger partial charge in [-0.15, -0.1) is 0 Å². The molecule has 2 N–H and O–H groups in total. The molecular weight excluding hydrogens is 232 g/mol. The molecule has 0 saturated carbocycles. The van der Waals surface area contributed by atoms with E-state index >= 15 is 0 Å². The second-order valence-corrected chi connectivity index (χ2v) is 4.86. The summed E-state index contributed by atoms with van der Waals surface area (Å²) < 4.78 is 5.39. The molecule has 6 heteroatoms. The van der Waals surface area contributed by atoms with Crippen LogP contribution in [0.4, 0.5) is 11.8 Å². The monoisotopic (exact) mass is 252 g/mol. The molecule has 0 amide bonds. The molecule has 1 fully saturated rings. The van der Waals surface area contributed by atoms with Gasteiger partial charge in [0.05, 0.1) is 6.10 Å². The standard InChI is InChI=1S/C12H20N4O2/c1-9-12(17,5-7-18-9)8-14-10-4-6-13-11(15-10)16(2)3/h4,6,9,17H,5,7-8H2,1-3H3,(H,13,14,15). The summed E-state index contributed by atoms with van der Waals surface area (Å²) >= 11 is 0. The highest BCUT2D eigenvalue weighted by Crippen LogP contribution is 2.25. The zero-order valence-corrected chi connectivity index (χ0v) is 11.1. The normalized spacial score (nSPS) is 27.2. The van der Waals surface area contributed by atoms with E-state index in [0.29, 0.717) is 31.3 Å². The van der Waals surface area contributed by atoms with Gasteiger partial charge >= 0.3 is 0 Å². The lowest BCUT2D eigenvalue weighted by molar-refractivity contribution is -0.0176. The van der Waals surface area contributed by atoms with Gasteiger partial charge in [-0.2, -0.15) is 4.98 Å². The molecule has 0 aromatic carbocycles. The van der Waals surface area contributed by atoms with Crippen LogP contribution in [0.2, 0.25) is 0 Å². The van der Waals surface area contributed by atoms with Gasteiger partial charge in [-0.3, -0.25) is 0 Å². The van der Waals surface area contributed by atoms with E-state index in [1.54, 1.807) is 12.3 Å². The molecule has 0 radical (unpaired) electrons. The van der Waals surface area contributed by atoms with Crippen molar-refractivity contribution in [2.75, 3.05) is 37.5 Å². The summed E-state index contributed by atoms with van der Waals surface area (Å²) in [5.41, 5.74) is -0.816. The molecule has 0 bridgehead atoms. The molecule has 2 heterocycles. The first-order valence-corrected chi connectivity index (χ1v) is 6.09. The van der Waals surface area contributed by atoms with Gasteiger partial charge in [0.1, 0.15) is 11.4 Å². The predicted octanol–water partition coefficient (Wildman–Crippen LogP) is 0.494. The molecule has 100 valence electrons. The van der Waals surface area contributed by atoms with Gasteiger partial charge in [0.15, 0.2) is 0 Å². The molecule has 2 rings (SSSR count). The number of nitrogens with zero attached hydrogens (tertiary/aromatic N) is 3. The Kier molecular flexibility index (Phi) is 3.68. The lowest BCUT2D eigenvalue weighted by Gasteiger charge is -2.26. The van der Waals surface area contributed by atoms with E-state index in [-0.39, 0.29) is 6.10 Å². The first-order valence-electron chi connectivity index (χ1n) is 6.09. The van der Waals surface area contributed by atoms with Gasteiger partial charge < -0.3 is 20.1 Å². The van der Waals surface area contributed by atoms with E-state index in [9.17, 15) is 5.11 Å². The Morgan fingerprint density at radius 1 is 1.61 bits per heavy atom. The number of ether oxygens (including phenoxy) is 1. The first kappa shape index (κ1) is 13.0. The molecule has 6 nitrogen and oxygen atoms in total. The van der Waals surface area contributed by atoms with Crippen molar-refractivity contribution in [3.05, 3.63) is 12.3 Å². The largest absolute Gasteiger partial charge is 0.385 e. The summed E-state index contributed by atoms with van der Waals surface area (Å²) in [5.74, 6) is 1.35. The highest BCUT2D eigenvalue weighted by Gasteiger charge is 2.39. The molecule has 2 atom stereocenters. The third-order valence-corrected chi connectivity index (χ3v) is 3.28. The van der Waals surface area contributed by atoms with Crippen LogP contribution in [0.15, 0.2) is 12.3 Å². The van der Waals surface area contributed by atoms with Crippen LogP contribution in [0.5, 0.6) is 0 Å². The van der Waals surface area contributed by atoms with Gasteiger partial charge in [0, 0.05) is 39.9 Å². The van der Waals surface area contributed by atoms with Crippen LogP contribution < -0.4 is 10.2 Å². The molecule has 1 aromatic heterocycles. The van der Waals surface area contributed by atoms with Crippen molar-refractivity contribution >= 4 is 11.8 Å². The average Bonchev–Trinajstić information content (AvgIpc) is 2.68. The summed E-state index contributed by atoms with van der Waals surface area (Å²) in [6, 6.07) is 1.79. The number of aromatic nitrogens is 2. The highest BCUT2D eigenvalue weighted by molar-refractivity contribution is 5.40. The Hall–Kier alpha value is -1.40. The van der Waals surface area contributed by atoms with Crippen molar-refractivity contribution in [2.24, 2.45) is 0 Å². The van der Waals surface area contributed by atoms with Crippen LogP contribution in [0.3, 0.4) is 0 Å². The average molecular weight is 252 g/mol. The predicted molar refractivity (Wildman–Crippen MR) is 69.8 cm³/mol. The smallest absolute Gasteiger partial charge is 0.226 e. The van der Waals surface area contributed by atoms with E-state index in [0.717, 1.165) is 0 Å². The van der Waals surface area contributed by atoms with Crippen molar-refractivity contribution < 1.29 is 9.84 Å². The third kappa shape index (κ3) is 2.70. The van der Waals surface area contributed by atoms with Crippen molar-refractivity contribution in [1.29, 1.82) is 0 Å². The van der Waals surface area contributed by atoms with E-state index < -0.39 is 5.60 Å². The van der Waals surface area contributed by atoms with Gasteiger partial charge in [-0.05, 0) is 13.0 Å². The molecule has 1 aromatic rings. The summed E-state index contributed by atoms with van der Waals surface area (Å²) in [6.07, 6.45) is 2.19. The Morgan fingerprint density at radius 2 is 2.39 bits per heavy atom. The van der Waals surface area contributed by atoms with Gasteiger partial charge in [0.25, 0.3) is 0 Å². The number of anilines is 2. The maximum absolute atomic E-state index is 10.4. The van der Waals surface area contributed by atoms with E-state index in [4.69, 9.17) is 4.74 Å². The molecular formula is C12H20N4O2. The van der Waals surface area contributed by atoms with Crippen LogP contribution in [0, 0.1) is 0 Å². The third-order valence-electron chi connectivity index (χ3n) is 3.28. The van der Waals surface area contributed by atoms with Crippen molar-refractivity contribution in [3.8, 4) is 0 Å². The molecule has 18 heavy (non-hydrogen) atoms. The molecule has 2 unspecified atom stereocenters. The van der Waals surface area contributed by atoms with Crippen LogP contribution in [-0.4, -0.2) is 54.0 Å². The maximum atomic E-state index is 10.4. The van der Waals surface area contributed by atoms with Crippen LogP contribution in [-0.2, 0) is 4.74 Å². The van der Waals surface area contributed by atoms with Crippen molar-refractivity contribution in [1.82, 2.24) is 9.97 Å². The van der Waals surface area contributed by atoms with Crippen LogP contribution in [0.25, 0.3) is 0 Å². The van der Waals surface area contributed by atoms with E-state index in [1.807, 2.05) is 25.9 Å². The topological polar surface area (TPSA) is 70.5 Å². The fraction of sp³-hybridized carbons (Fsp3) is 0.667. The SMILES string of the molecule is CC1OCCC1(O)CNc1ccnc(N(C)C)n1. The number of hydrogen-bond acceptors (Lipinski definition) is 6. The van der Waals surface area contributed by atoms with Gasteiger partial charge in [-0.1, -0.05) is 0 Å². The minimum absolute atomic E-state index is 0.153. The summed E-state index contributed by atoms with van der Waals surface area (Å²) in [5, 5.41) is 13.5. The zero-order chi connectivity index (χ0) is 13.2. The molecule has 1 aliphatic heterocycles. The molecule has 1 aliphatic rings. The molecule has 1 saturated heterocycles. The summed E-state index contributed by atoms with van der Waals surface area (Å²) in [7, 11) is 3.78. The van der Waals surface area contributed by atoms with E-state index in [2.05, 4.69) is 15.3 Å². The number of nitrogens with one attached hydrogen (secondary N) is 1. The summed E-state index contributed by atoms with van der Waals surface area (Å²) in [4.78, 5) is 10.3. The highest BCUT2D eigenvalue weighted by atomic mass is 16.5.